The van der Waals surface area contributed by atoms with Crippen LogP contribution in [-0.2, 0) is 4.79 Å². The van der Waals surface area contributed by atoms with Gasteiger partial charge in [0.25, 0.3) is 0 Å². The number of hydrogen-bond donors (Lipinski definition) is 0. The molecule has 0 saturated carbocycles. The quantitative estimate of drug-likeness (QED) is 0.293. The van der Waals surface area contributed by atoms with Crippen molar-refractivity contribution in [2.45, 2.75) is 23.1 Å². The van der Waals surface area contributed by atoms with Gasteiger partial charge in [0.2, 0.25) is 0 Å². The number of halogens is 1. The van der Waals surface area contributed by atoms with Crippen LogP contribution >= 0.6 is 22.6 Å². The first-order valence-electron chi connectivity index (χ1n) is 2.62. The molecule has 0 aliphatic heterocycles. The van der Waals surface area contributed by atoms with Gasteiger partial charge < -0.3 is 4.79 Å². The Morgan fingerprint density at radius 3 is 2.12 bits per heavy atom. The summed E-state index contributed by atoms with van der Waals surface area (Å²) >= 11 is 2.27. The average molecular weight is 224 g/mol. The van der Waals surface area contributed by atoms with Gasteiger partial charge in [-0.2, -0.15) is 0 Å². The highest BCUT2D eigenvalue weighted by atomic mass is 127. The van der Waals surface area contributed by atoms with Crippen LogP contribution in [0.15, 0.2) is 0 Å². The maximum Gasteiger partial charge on any atom is 0.116 e. The van der Waals surface area contributed by atoms with Crippen LogP contribution in [0.1, 0.15) is 13.8 Å². The number of carbonyl (C=O) groups is 1. The van der Waals surface area contributed by atoms with Crippen molar-refractivity contribution >= 4 is 36.7 Å². The Morgan fingerprint density at radius 1 is 1.75 bits per heavy atom. The van der Waals surface area contributed by atoms with Gasteiger partial charge in [-0.25, -0.2) is 0 Å². The number of alkyl halides is 1. The largest absolute Gasteiger partial charge is 0.304 e. The number of carbonyl (C=O) groups excluding carboxylic acids is 1. The molecule has 0 aromatic heterocycles. The smallest absolute Gasteiger partial charge is 0.116 e. The van der Waals surface area contributed by atoms with Crippen LogP contribution in [0.25, 0.3) is 0 Å². The molecule has 0 N–H and O–H groups in total. The molecule has 0 aromatic rings. The van der Waals surface area contributed by atoms with E-state index in [1.54, 1.807) is 0 Å². The highest BCUT2D eigenvalue weighted by Gasteiger charge is 2.20. The van der Waals surface area contributed by atoms with Gasteiger partial charge >= 0.3 is 0 Å². The van der Waals surface area contributed by atoms with Crippen LogP contribution < -0.4 is 0 Å². The molecule has 0 aliphatic rings. The lowest BCUT2D eigenvalue weighted by molar-refractivity contribution is -0.108. The lowest BCUT2D eigenvalue weighted by Crippen LogP contribution is -2.19. The van der Waals surface area contributed by atoms with Crippen LogP contribution in [0.5, 0.6) is 0 Å². The number of hydrogen-bond acceptors (Lipinski definition) is 1. The van der Waals surface area contributed by atoms with Gasteiger partial charge in [-0.05, 0) is 5.82 Å². The Kier molecular flexibility index (Phi) is 3.01. The second-order valence-electron chi connectivity index (χ2n) is 2.49. The summed E-state index contributed by atoms with van der Waals surface area (Å²) in [5.41, 5.74) is 0. The van der Waals surface area contributed by atoms with Crippen molar-refractivity contribution in [2.75, 3.05) is 0 Å². The first kappa shape index (κ1) is 8.46. The zero-order valence-corrected chi connectivity index (χ0v) is 7.60. The Bertz CT molecular complexity index is 86.9. The van der Waals surface area contributed by atoms with E-state index in [-0.39, 0.29) is 9.24 Å². The SMILES string of the molecule is BC(C=O)C(C)(C)I. The molecule has 3 heteroatoms. The average Bonchev–Trinajstić information content (AvgIpc) is 1.62. The van der Waals surface area contributed by atoms with E-state index in [0.717, 1.165) is 6.29 Å². The fourth-order valence-corrected chi connectivity index (χ4v) is 0.309. The van der Waals surface area contributed by atoms with Crippen molar-refractivity contribution in [3.05, 3.63) is 0 Å². The molecule has 0 saturated heterocycles. The Balaban J connectivity index is 3.80. The van der Waals surface area contributed by atoms with E-state index in [0.29, 0.717) is 0 Å². The van der Waals surface area contributed by atoms with Gasteiger partial charge in [0.05, 0.1) is 0 Å². The fourth-order valence-electron chi connectivity index (χ4n) is 0.162. The summed E-state index contributed by atoms with van der Waals surface area (Å²) < 4.78 is 0.111. The normalized spacial score (nSPS) is 15.4. The minimum absolute atomic E-state index is 0.111. The summed E-state index contributed by atoms with van der Waals surface area (Å²) in [6.45, 7) is 4.10. The molecule has 0 bridgehead atoms. The molecule has 0 aliphatic carbocycles. The molecule has 0 rings (SSSR count). The summed E-state index contributed by atoms with van der Waals surface area (Å²) in [4.78, 5) is 10.1. The molecule has 46 valence electrons. The molecule has 0 amide bonds. The second kappa shape index (κ2) is 2.85. The summed E-state index contributed by atoms with van der Waals surface area (Å²) in [6, 6.07) is 0. The van der Waals surface area contributed by atoms with Gasteiger partial charge in [-0.1, -0.05) is 36.4 Å². The van der Waals surface area contributed by atoms with Crippen molar-refractivity contribution in [3.63, 3.8) is 0 Å². The minimum atomic E-state index is 0.111. The van der Waals surface area contributed by atoms with Crippen molar-refractivity contribution in [3.8, 4) is 0 Å². The fraction of sp³-hybridized carbons (Fsp3) is 0.800. The Morgan fingerprint density at radius 2 is 2.12 bits per heavy atom. The van der Waals surface area contributed by atoms with Gasteiger partial charge in [0.15, 0.2) is 0 Å². The van der Waals surface area contributed by atoms with E-state index in [4.69, 9.17) is 0 Å². The van der Waals surface area contributed by atoms with Crippen LogP contribution in [0, 0.1) is 0 Å². The van der Waals surface area contributed by atoms with Crippen molar-refractivity contribution in [2.24, 2.45) is 0 Å². The maximum atomic E-state index is 10.1. The first-order valence-corrected chi connectivity index (χ1v) is 3.70. The van der Waals surface area contributed by atoms with E-state index in [1.165, 1.54) is 0 Å². The molecule has 0 radical (unpaired) electrons. The summed E-state index contributed by atoms with van der Waals surface area (Å²) in [5.74, 6) is 0.156. The Labute approximate surface area is 64.8 Å². The highest BCUT2D eigenvalue weighted by Crippen LogP contribution is 2.27. The van der Waals surface area contributed by atoms with E-state index in [1.807, 2.05) is 21.7 Å². The molecule has 1 atom stereocenters. The van der Waals surface area contributed by atoms with E-state index in [9.17, 15) is 4.79 Å². The van der Waals surface area contributed by atoms with E-state index < -0.39 is 0 Å². The molecule has 8 heavy (non-hydrogen) atoms. The van der Waals surface area contributed by atoms with Crippen molar-refractivity contribution in [1.29, 1.82) is 0 Å². The minimum Gasteiger partial charge on any atom is -0.304 e. The van der Waals surface area contributed by atoms with Crippen molar-refractivity contribution in [1.82, 2.24) is 0 Å². The van der Waals surface area contributed by atoms with Gasteiger partial charge in [0, 0.05) is 3.42 Å². The van der Waals surface area contributed by atoms with Crippen LogP contribution in [0.2, 0.25) is 5.82 Å². The molecule has 0 heterocycles. The zero-order valence-electron chi connectivity index (χ0n) is 5.44. The highest BCUT2D eigenvalue weighted by molar-refractivity contribution is 14.1. The lowest BCUT2D eigenvalue weighted by atomic mass is 9.80. The predicted octanol–water partition coefficient (Wildman–Crippen LogP) is 0.821. The molecular weight excluding hydrogens is 214 g/mol. The standard InChI is InChI=1S/C5H10BIO/c1-5(2,7)4(6)3-8/h3-4H,6H2,1-2H3. The van der Waals surface area contributed by atoms with E-state index in [2.05, 4.69) is 22.6 Å². The zero-order chi connectivity index (χ0) is 6.78. The van der Waals surface area contributed by atoms with Gasteiger partial charge in [-0.15, -0.1) is 0 Å². The predicted molar refractivity (Wildman–Crippen MR) is 46.5 cm³/mol. The maximum absolute atomic E-state index is 10.1. The molecule has 0 spiro atoms. The topological polar surface area (TPSA) is 17.1 Å². The van der Waals surface area contributed by atoms with Crippen LogP contribution in [0.3, 0.4) is 0 Å². The third kappa shape index (κ3) is 2.69. The summed E-state index contributed by atoms with van der Waals surface area (Å²) in [6.07, 6.45) is 0.993. The molecule has 0 aromatic carbocycles. The monoisotopic (exact) mass is 224 g/mol. The number of rotatable bonds is 2. The van der Waals surface area contributed by atoms with Gasteiger partial charge in [0.1, 0.15) is 14.1 Å². The summed E-state index contributed by atoms with van der Waals surface area (Å²) in [7, 11) is 1.93. The van der Waals surface area contributed by atoms with Crippen LogP contribution in [-0.4, -0.2) is 17.6 Å². The lowest BCUT2D eigenvalue weighted by Gasteiger charge is -2.19. The number of aldehydes is 1. The molecule has 1 nitrogen and oxygen atoms in total. The molecule has 1 unspecified atom stereocenters. The van der Waals surface area contributed by atoms with Gasteiger partial charge in [-0.3, -0.25) is 0 Å². The van der Waals surface area contributed by atoms with E-state index >= 15 is 0 Å². The third-order valence-electron chi connectivity index (χ3n) is 1.29. The molecular formula is C5H10BIO. The third-order valence-corrected chi connectivity index (χ3v) is 2.27. The van der Waals surface area contributed by atoms with Crippen LogP contribution in [0.4, 0.5) is 0 Å². The molecule has 0 fully saturated rings. The Hall–Kier alpha value is 0.465. The van der Waals surface area contributed by atoms with Crippen molar-refractivity contribution < 1.29 is 4.79 Å². The second-order valence-corrected chi connectivity index (χ2v) is 5.27. The first-order chi connectivity index (χ1) is 3.48. The summed E-state index contributed by atoms with van der Waals surface area (Å²) in [5, 5.41) is 0.